The van der Waals surface area contributed by atoms with Crippen LogP contribution >= 0.6 is 0 Å². The number of cyclic esters (lactones) is 1. The van der Waals surface area contributed by atoms with Gasteiger partial charge >= 0.3 is 5.97 Å². The molecule has 0 bridgehead atoms. The summed E-state index contributed by atoms with van der Waals surface area (Å²) in [5.74, 6) is -0.945. The lowest BCUT2D eigenvalue weighted by molar-refractivity contribution is -0.757. The first kappa shape index (κ1) is 11.2. The third kappa shape index (κ3) is 3.79. The Morgan fingerprint density at radius 3 is 3.00 bits per heavy atom. The molecular formula is C7H10N2O6. The molecule has 1 saturated heterocycles. The van der Waals surface area contributed by atoms with Gasteiger partial charge in [-0.3, -0.25) is 4.79 Å². The van der Waals surface area contributed by atoms with E-state index in [0.717, 1.165) is 0 Å². The fourth-order valence-corrected chi connectivity index (χ4v) is 1.11. The van der Waals surface area contributed by atoms with Gasteiger partial charge < -0.3 is 14.9 Å². The summed E-state index contributed by atoms with van der Waals surface area (Å²) >= 11 is 0. The van der Waals surface area contributed by atoms with Crippen molar-refractivity contribution in [3.05, 3.63) is 10.1 Å². The van der Waals surface area contributed by atoms with Gasteiger partial charge in [-0.15, -0.1) is 10.1 Å². The molecule has 84 valence electrons. The standard InChI is InChI=1S/C7H10N2O6/c10-6(2-4-15-9(12)13)8-5-1-3-14-7(5)11/h5H,1-4H2,(H,8,10)/t5-/m1/s1. The number of carbonyl (C=O) groups is 2. The smallest absolute Gasteiger partial charge is 0.328 e. The van der Waals surface area contributed by atoms with E-state index in [9.17, 15) is 19.7 Å². The zero-order valence-corrected chi connectivity index (χ0v) is 7.80. The lowest BCUT2D eigenvalue weighted by Gasteiger charge is -2.07. The highest BCUT2D eigenvalue weighted by Crippen LogP contribution is 2.05. The minimum absolute atomic E-state index is 0.162. The number of carbonyl (C=O) groups excluding carboxylic acids is 2. The van der Waals surface area contributed by atoms with Crippen LogP contribution in [0.2, 0.25) is 0 Å². The molecule has 1 aliphatic rings. The van der Waals surface area contributed by atoms with Crippen molar-refractivity contribution in [3.63, 3.8) is 0 Å². The molecule has 0 aromatic carbocycles. The van der Waals surface area contributed by atoms with E-state index in [-0.39, 0.29) is 19.6 Å². The molecule has 8 nitrogen and oxygen atoms in total. The molecular weight excluding hydrogens is 208 g/mol. The fourth-order valence-electron chi connectivity index (χ4n) is 1.11. The van der Waals surface area contributed by atoms with Gasteiger partial charge in [0.15, 0.2) is 0 Å². The summed E-state index contributed by atoms with van der Waals surface area (Å²) in [5.41, 5.74) is 0. The monoisotopic (exact) mass is 218 g/mol. The topological polar surface area (TPSA) is 108 Å². The van der Waals surface area contributed by atoms with E-state index in [2.05, 4.69) is 14.9 Å². The maximum Gasteiger partial charge on any atom is 0.328 e. The molecule has 0 spiro atoms. The first-order valence-electron chi connectivity index (χ1n) is 4.33. The summed E-state index contributed by atoms with van der Waals surface area (Å²) in [4.78, 5) is 35.7. The zero-order valence-electron chi connectivity index (χ0n) is 7.80. The Balaban J connectivity index is 2.18. The normalized spacial score (nSPS) is 19.5. The van der Waals surface area contributed by atoms with Crippen LogP contribution in [0.15, 0.2) is 0 Å². The number of ether oxygens (including phenoxy) is 1. The molecule has 1 atom stereocenters. The number of nitrogens with one attached hydrogen (secondary N) is 1. The summed E-state index contributed by atoms with van der Waals surface area (Å²) in [6, 6.07) is -0.631. The second-order valence-corrected chi connectivity index (χ2v) is 2.88. The minimum Gasteiger partial charge on any atom is -0.464 e. The Kier molecular flexibility index (Phi) is 3.83. The minimum atomic E-state index is -0.975. The van der Waals surface area contributed by atoms with Crippen LogP contribution in [0.3, 0.4) is 0 Å². The summed E-state index contributed by atoms with van der Waals surface area (Å²) in [7, 11) is 0. The summed E-state index contributed by atoms with van der Waals surface area (Å²) in [6.07, 6.45) is 0.269. The average Bonchev–Trinajstić information content (AvgIpc) is 2.51. The number of nitrogens with zero attached hydrogens (tertiary/aromatic N) is 1. The second kappa shape index (κ2) is 5.13. The van der Waals surface area contributed by atoms with E-state index < -0.39 is 23.0 Å². The van der Waals surface area contributed by atoms with Crippen molar-refractivity contribution in [1.82, 2.24) is 5.32 Å². The van der Waals surface area contributed by atoms with Crippen molar-refractivity contribution in [1.29, 1.82) is 0 Å². The number of rotatable bonds is 5. The molecule has 1 N–H and O–H groups in total. The Bertz CT molecular complexity index is 279. The second-order valence-electron chi connectivity index (χ2n) is 2.88. The molecule has 1 amide bonds. The molecule has 8 heteroatoms. The van der Waals surface area contributed by atoms with Crippen LogP contribution in [0.4, 0.5) is 0 Å². The van der Waals surface area contributed by atoms with Gasteiger partial charge in [-0.2, -0.15) is 0 Å². The SMILES string of the molecule is O=C(CCO[N+](=O)[O-])N[C@@H]1CCOC1=O. The van der Waals surface area contributed by atoms with Crippen LogP contribution in [0.25, 0.3) is 0 Å². The van der Waals surface area contributed by atoms with Crippen molar-refractivity contribution < 1.29 is 24.3 Å². The predicted molar refractivity (Wildman–Crippen MR) is 45.1 cm³/mol. The maximum atomic E-state index is 11.1. The van der Waals surface area contributed by atoms with Gasteiger partial charge in [-0.05, 0) is 0 Å². The average molecular weight is 218 g/mol. The molecule has 1 aliphatic heterocycles. The van der Waals surface area contributed by atoms with E-state index in [4.69, 9.17) is 0 Å². The van der Waals surface area contributed by atoms with E-state index in [1.807, 2.05) is 0 Å². The molecule has 0 aliphatic carbocycles. The number of hydrogen-bond donors (Lipinski definition) is 1. The molecule has 0 saturated carbocycles. The van der Waals surface area contributed by atoms with Gasteiger partial charge in [-0.25, -0.2) is 4.79 Å². The highest BCUT2D eigenvalue weighted by atomic mass is 16.9. The van der Waals surface area contributed by atoms with Crippen LogP contribution < -0.4 is 5.32 Å². The number of hydrogen-bond acceptors (Lipinski definition) is 6. The Morgan fingerprint density at radius 1 is 1.73 bits per heavy atom. The van der Waals surface area contributed by atoms with Crippen LogP contribution in [0, 0.1) is 10.1 Å². The number of amides is 1. The number of esters is 1. The predicted octanol–water partition coefficient (Wildman–Crippen LogP) is -0.984. The van der Waals surface area contributed by atoms with Crippen LogP contribution in [-0.2, 0) is 19.2 Å². The van der Waals surface area contributed by atoms with E-state index in [0.29, 0.717) is 6.42 Å². The quantitative estimate of drug-likeness (QED) is 0.361. The van der Waals surface area contributed by atoms with Gasteiger partial charge in [0.25, 0.3) is 5.09 Å². The van der Waals surface area contributed by atoms with Gasteiger partial charge in [0.1, 0.15) is 12.6 Å². The van der Waals surface area contributed by atoms with Crippen LogP contribution in [-0.4, -0.2) is 36.2 Å². The van der Waals surface area contributed by atoms with E-state index in [1.165, 1.54) is 0 Å². The molecule has 0 aromatic heterocycles. The molecule has 1 rings (SSSR count). The highest BCUT2D eigenvalue weighted by Gasteiger charge is 2.27. The Hall–Kier alpha value is -1.86. The van der Waals surface area contributed by atoms with Gasteiger partial charge in [0.2, 0.25) is 5.91 Å². The highest BCUT2D eigenvalue weighted by molar-refractivity contribution is 5.85. The van der Waals surface area contributed by atoms with Gasteiger partial charge in [-0.1, -0.05) is 0 Å². The Labute approximate surface area is 84.6 Å². The van der Waals surface area contributed by atoms with Gasteiger partial charge in [0.05, 0.1) is 13.0 Å². The third-order valence-corrected chi connectivity index (χ3v) is 1.80. The summed E-state index contributed by atoms with van der Waals surface area (Å²) in [5, 5.41) is 11.2. The molecule has 0 aromatic rings. The summed E-state index contributed by atoms with van der Waals surface area (Å²) in [6.45, 7) is -0.0320. The molecule has 1 heterocycles. The van der Waals surface area contributed by atoms with E-state index >= 15 is 0 Å². The summed E-state index contributed by atoms with van der Waals surface area (Å²) < 4.78 is 4.62. The van der Waals surface area contributed by atoms with Gasteiger partial charge in [0, 0.05) is 6.42 Å². The van der Waals surface area contributed by atoms with Crippen molar-refractivity contribution in [3.8, 4) is 0 Å². The largest absolute Gasteiger partial charge is 0.464 e. The first-order valence-corrected chi connectivity index (χ1v) is 4.33. The van der Waals surface area contributed by atoms with Crippen molar-refractivity contribution >= 4 is 11.9 Å². The molecule has 1 fully saturated rings. The first-order chi connectivity index (χ1) is 7.09. The zero-order chi connectivity index (χ0) is 11.3. The van der Waals surface area contributed by atoms with Crippen LogP contribution in [0.1, 0.15) is 12.8 Å². The van der Waals surface area contributed by atoms with E-state index in [1.54, 1.807) is 0 Å². The molecule has 0 radical (unpaired) electrons. The maximum absolute atomic E-state index is 11.1. The molecule has 0 unspecified atom stereocenters. The van der Waals surface area contributed by atoms with Crippen molar-refractivity contribution in [2.45, 2.75) is 18.9 Å². The van der Waals surface area contributed by atoms with Crippen LogP contribution in [0.5, 0.6) is 0 Å². The van der Waals surface area contributed by atoms with Crippen molar-refractivity contribution in [2.24, 2.45) is 0 Å². The Morgan fingerprint density at radius 2 is 2.47 bits per heavy atom. The van der Waals surface area contributed by atoms with Crippen molar-refractivity contribution in [2.75, 3.05) is 13.2 Å². The fraction of sp³-hybridized carbons (Fsp3) is 0.714. The lowest BCUT2D eigenvalue weighted by atomic mass is 10.2. The lowest BCUT2D eigenvalue weighted by Crippen LogP contribution is -2.38. The molecule has 15 heavy (non-hydrogen) atoms. The third-order valence-electron chi connectivity index (χ3n) is 1.80.